The molecule has 5 rings (SSSR count). The summed E-state index contributed by atoms with van der Waals surface area (Å²) < 4.78 is 2.20. The number of nitrogens with one attached hydrogen (secondary N) is 1. The molecule has 2 aliphatic carbocycles. The first-order valence-corrected chi connectivity index (χ1v) is 15.4. The number of carbonyl (C=O) groups excluding carboxylic acids is 2. The molecule has 0 radical (unpaired) electrons. The average Bonchev–Trinajstić information content (AvgIpc) is 3.54. The Morgan fingerprint density at radius 1 is 0.757 bits per heavy atom. The molecule has 2 aromatic rings. The smallest absolute Gasteiger partial charge is 0.268 e. The van der Waals surface area contributed by atoms with Gasteiger partial charge in [0.05, 0.1) is 5.56 Å². The van der Waals surface area contributed by atoms with Gasteiger partial charge in [-0.25, -0.2) is 0 Å². The maximum Gasteiger partial charge on any atom is 0.268 e. The second kappa shape index (κ2) is 13.1. The highest BCUT2D eigenvalue weighted by molar-refractivity contribution is 6.17. The van der Waals surface area contributed by atoms with Crippen molar-refractivity contribution in [3.8, 4) is 0 Å². The highest BCUT2D eigenvalue weighted by atomic mass is 16.2. The molecular weight excluding hydrogens is 458 g/mol. The van der Waals surface area contributed by atoms with E-state index in [1.54, 1.807) is 0 Å². The van der Waals surface area contributed by atoms with Gasteiger partial charge >= 0.3 is 0 Å². The van der Waals surface area contributed by atoms with Gasteiger partial charge in [0.25, 0.3) is 5.91 Å². The fourth-order valence-corrected chi connectivity index (χ4v) is 7.06. The molecule has 1 aromatic heterocycles. The summed E-state index contributed by atoms with van der Waals surface area (Å²) in [5.74, 6) is 0.228. The molecule has 37 heavy (non-hydrogen) atoms. The number of para-hydroxylation sites is 1. The third-order valence-corrected chi connectivity index (χ3v) is 9.15. The van der Waals surface area contributed by atoms with E-state index in [0.29, 0.717) is 11.3 Å². The van der Waals surface area contributed by atoms with Crippen molar-refractivity contribution in [2.24, 2.45) is 5.92 Å². The number of rotatable bonds is 9. The molecule has 1 N–H and O–H groups in total. The Balaban J connectivity index is 1.44. The molecule has 3 aliphatic rings. The second-order valence-corrected chi connectivity index (χ2v) is 11.9. The molecule has 0 atom stereocenters. The summed E-state index contributed by atoms with van der Waals surface area (Å²) in [5.41, 5.74) is 2.39. The van der Waals surface area contributed by atoms with Crippen molar-refractivity contribution >= 4 is 22.6 Å². The third-order valence-electron chi connectivity index (χ3n) is 9.15. The molecule has 1 saturated heterocycles. The number of aromatic nitrogens is 1. The fraction of sp³-hybridized carbons (Fsp3) is 0.688. The Labute approximate surface area is 223 Å². The van der Waals surface area contributed by atoms with Crippen molar-refractivity contribution < 1.29 is 9.59 Å². The highest BCUT2D eigenvalue weighted by Gasteiger charge is 2.32. The standard InChI is InChI=1S/C32H47N3O2/c36-31(25-15-5-4-6-16-25)29-27-19-9-10-20-28(27)35(24-14-13-23-34-21-11-12-22-34)30(29)32(37)33-26-17-7-2-1-3-8-18-26/h9-10,19-20,25-26H,1-8,11-18,21-24H2,(H,33,37). The highest BCUT2D eigenvalue weighted by Crippen LogP contribution is 2.34. The van der Waals surface area contributed by atoms with Crippen LogP contribution in [-0.4, -0.2) is 46.8 Å². The zero-order valence-electron chi connectivity index (χ0n) is 22.8. The number of fused-ring (bicyclic) bond motifs is 1. The molecule has 5 nitrogen and oxygen atoms in total. The number of ketones is 1. The van der Waals surface area contributed by atoms with Crippen molar-refractivity contribution in [2.75, 3.05) is 19.6 Å². The lowest BCUT2D eigenvalue weighted by atomic mass is 9.83. The van der Waals surface area contributed by atoms with Gasteiger partial charge in [-0.1, -0.05) is 69.6 Å². The van der Waals surface area contributed by atoms with Crippen LogP contribution in [0.4, 0.5) is 0 Å². The Morgan fingerprint density at radius 3 is 2.14 bits per heavy atom. The Kier molecular flexibility index (Phi) is 9.36. The van der Waals surface area contributed by atoms with E-state index in [0.717, 1.165) is 75.4 Å². The van der Waals surface area contributed by atoms with Crippen LogP contribution < -0.4 is 5.32 Å². The Bertz CT molecular complexity index is 1040. The SMILES string of the molecule is O=C(NC1CCCCCCC1)c1c(C(=O)C2CCCCC2)c2ccccc2n1CCCCN1CCCC1. The molecule has 0 unspecified atom stereocenters. The molecule has 2 saturated carbocycles. The minimum atomic E-state index is -0.0273. The predicted octanol–water partition coefficient (Wildman–Crippen LogP) is 7.12. The Morgan fingerprint density at radius 2 is 1.38 bits per heavy atom. The molecule has 0 spiro atoms. The molecular formula is C32H47N3O2. The monoisotopic (exact) mass is 505 g/mol. The van der Waals surface area contributed by atoms with Crippen LogP contribution in [-0.2, 0) is 6.54 Å². The number of unbranched alkanes of at least 4 members (excludes halogenated alkanes) is 1. The quantitative estimate of drug-likeness (QED) is 0.291. The van der Waals surface area contributed by atoms with E-state index < -0.39 is 0 Å². The molecule has 202 valence electrons. The molecule has 2 heterocycles. The minimum absolute atomic E-state index is 0.0273. The third kappa shape index (κ3) is 6.47. The molecule has 1 amide bonds. The number of hydrogen-bond donors (Lipinski definition) is 1. The van der Waals surface area contributed by atoms with Crippen molar-refractivity contribution in [3.05, 3.63) is 35.5 Å². The first kappa shape index (κ1) is 26.5. The maximum atomic E-state index is 14.1. The second-order valence-electron chi connectivity index (χ2n) is 11.9. The fourth-order valence-electron chi connectivity index (χ4n) is 7.06. The maximum absolute atomic E-state index is 14.1. The van der Waals surface area contributed by atoms with Crippen LogP contribution in [0.3, 0.4) is 0 Å². The van der Waals surface area contributed by atoms with Crippen LogP contribution >= 0.6 is 0 Å². The summed E-state index contributed by atoms with van der Waals surface area (Å²) in [4.78, 5) is 30.7. The van der Waals surface area contributed by atoms with Gasteiger partial charge in [-0.15, -0.1) is 0 Å². The van der Waals surface area contributed by atoms with Gasteiger partial charge in [-0.05, 0) is 77.1 Å². The van der Waals surface area contributed by atoms with Crippen molar-refractivity contribution in [1.29, 1.82) is 0 Å². The van der Waals surface area contributed by atoms with E-state index >= 15 is 0 Å². The topological polar surface area (TPSA) is 54.3 Å². The summed E-state index contributed by atoms with van der Waals surface area (Å²) in [5, 5.41) is 4.39. The molecule has 1 aromatic carbocycles. The summed E-state index contributed by atoms with van der Waals surface area (Å²) >= 11 is 0. The molecule has 5 heteroatoms. The van der Waals surface area contributed by atoms with E-state index in [1.165, 1.54) is 64.5 Å². The first-order chi connectivity index (χ1) is 18.2. The van der Waals surface area contributed by atoms with Gasteiger partial charge in [-0.3, -0.25) is 9.59 Å². The number of hydrogen-bond acceptors (Lipinski definition) is 3. The van der Waals surface area contributed by atoms with Crippen molar-refractivity contribution in [1.82, 2.24) is 14.8 Å². The zero-order valence-corrected chi connectivity index (χ0v) is 22.8. The van der Waals surface area contributed by atoms with Crippen molar-refractivity contribution in [2.45, 2.75) is 115 Å². The number of Topliss-reactive ketones (excluding diaryl/α,β-unsaturated/α-hetero) is 1. The van der Waals surface area contributed by atoms with Crippen molar-refractivity contribution in [3.63, 3.8) is 0 Å². The van der Waals surface area contributed by atoms with Gasteiger partial charge in [0.1, 0.15) is 5.69 Å². The van der Waals surface area contributed by atoms with Crippen LogP contribution in [0.25, 0.3) is 10.9 Å². The predicted molar refractivity (Wildman–Crippen MR) is 151 cm³/mol. The molecule has 1 aliphatic heterocycles. The number of nitrogens with zero attached hydrogens (tertiary/aromatic N) is 2. The number of amides is 1. The first-order valence-electron chi connectivity index (χ1n) is 15.4. The minimum Gasteiger partial charge on any atom is -0.348 e. The lowest BCUT2D eigenvalue weighted by Gasteiger charge is -2.23. The summed E-state index contributed by atoms with van der Waals surface area (Å²) in [6, 6.07) is 8.47. The number of carbonyl (C=O) groups is 2. The average molecular weight is 506 g/mol. The van der Waals surface area contributed by atoms with E-state index in [-0.39, 0.29) is 23.7 Å². The van der Waals surface area contributed by atoms with Crippen LogP contribution in [0, 0.1) is 5.92 Å². The normalized spacial score (nSPS) is 20.6. The van der Waals surface area contributed by atoms with Gasteiger partial charge in [0.15, 0.2) is 5.78 Å². The largest absolute Gasteiger partial charge is 0.348 e. The molecule has 3 fully saturated rings. The summed E-state index contributed by atoms with van der Waals surface area (Å²) in [6.45, 7) is 4.37. The van der Waals surface area contributed by atoms with Gasteiger partial charge in [0.2, 0.25) is 0 Å². The lowest BCUT2D eigenvalue weighted by Crippen LogP contribution is -2.37. The molecule has 0 bridgehead atoms. The van der Waals surface area contributed by atoms with E-state index in [4.69, 9.17) is 0 Å². The number of aryl methyl sites for hydroxylation is 1. The van der Waals surface area contributed by atoms with Gasteiger partial charge < -0.3 is 14.8 Å². The lowest BCUT2D eigenvalue weighted by molar-refractivity contribution is 0.0867. The number of likely N-dealkylation sites (tertiary alicyclic amines) is 1. The van der Waals surface area contributed by atoms with E-state index in [2.05, 4.69) is 33.0 Å². The summed E-state index contributed by atoms with van der Waals surface area (Å²) in [7, 11) is 0. The van der Waals surface area contributed by atoms with Crippen LogP contribution in [0.15, 0.2) is 24.3 Å². The number of benzene rings is 1. The van der Waals surface area contributed by atoms with E-state index in [9.17, 15) is 9.59 Å². The van der Waals surface area contributed by atoms with Crippen LogP contribution in [0.2, 0.25) is 0 Å². The summed E-state index contributed by atoms with van der Waals surface area (Å²) in [6.07, 6.45) is 18.4. The zero-order chi connectivity index (χ0) is 25.5. The van der Waals surface area contributed by atoms with Gasteiger partial charge in [-0.2, -0.15) is 0 Å². The van der Waals surface area contributed by atoms with Gasteiger partial charge in [0, 0.05) is 29.4 Å². The van der Waals surface area contributed by atoms with E-state index in [1.807, 2.05) is 6.07 Å². The van der Waals surface area contributed by atoms with Crippen LogP contribution in [0.1, 0.15) is 124 Å². The Hall–Kier alpha value is -2.14. The van der Waals surface area contributed by atoms with Crippen LogP contribution in [0.5, 0.6) is 0 Å².